The summed E-state index contributed by atoms with van der Waals surface area (Å²) in [6.45, 7) is 2.39. The molecular weight excluding hydrogens is 219 g/mol. The van der Waals surface area contributed by atoms with E-state index in [4.69, 9.17) is 0 Å². The van der Waals surface area contributed by atoms with E-state index in [2.05, 4.69) is 5.32 Å². The maximum Gasteiger partial charge on any atom is 0.238 e. The summed E-state index contributed by atoms with van der Waals surface area (Å²) in [6, 6.07) is 6.45. The monoisotopic (exact) mass is 238 g/mol. The molecule has 1 atom stereocenters. The smallest absolute Gasteiger partial charge is 0.238 e. The van der Waals surface area contributed by atoms with Gasteiger partial charge in [-0.3, -0.25) is 4.79 Å². The van der Waals surface area contributed by atoms with E-state index in [0.717, 1.165) is 0 Å². The number of hydrogen-bond donors (Lipinski definition) is 1. The molecule has 1 aromatic rings. The topological polar surface area (TPSA) is 32.3 Å². The summed E-state index contributed by atoms with van der Waals surface area (Å²) in [5, 5.41) is 3.08. The SMILES string of the molecule is CC(NCCc1ccccc1F)C(=O)N(C)C. The van der Waals surface area contributed by atoms with Crippen LogP contribution in [0.4, 0.5) is 4.39 Å². The standard InChI is InChI=1S/C13H19FN2O/c1-10(13(17)16(2)3)15-9-8-11-6-4-5-7-12(11)14/h4-7,10,15H,8-9H2,1-3H3. The average molecular weight is 238 g/mol. The predicted molar refractivity (Wildman–Crippen MR) is 66.3 cm³/mol. The van der Waals surface area contributed by atoms with Crippen LogP contribution in [0.15, 0.2) is 24.3 Å². The Morgan fingerprint density at radius 1 is 1.41 bits per heavy atom. The number of nitrogens with zero attached hydrogens (tertiary/aromatic N) is 1. The summed E-state index contributed by atoms with van der Waals surface area (Å²) in [5.74, 6) is -0.167. The number of nitrogens with one attached hydrogen (secondary N) is 1. The second kappa shape index (κ2) is 6.35. The fourth-order valence-corrected chi connectivity index (χ4v) is 1.60. The van der Waals surface area contributed by atoms with Crippen LogP contribution >= 0.6 is 0 Å². The maximum absolute atomic E-state index is 13.3. The number of halogens is 1. The Labute approximate surface area is 102 Å². The highest BCUT2D eigenvalue weighted by atomic mass is 19.1. The molecule has 3 nitrogen and oxygen atoms in total. The Morgan fingerprint density at radius 2 is 2.06 bits per heavy atom. The number of carbonyl (C=O) groups is 1. The molecule has 0 aliphatic carbocycles. The van der Waals surface area contributed by atoms with E-state index in [1.54, 1.807) is 31.1 Å². The lowest BCUT2D eigenvalue weighted by Gasteiger charge is -2.18. The molecule has 0 saturated heterocycles. The van der Waals surface area contributed by atoms with E-state index >= 15 is 0 Å². The van der Waals surface area contributed by atoms with Crippen LogP contribution in [0.2, 0.25) is 0 Å². The predicted octanol–water partition coefficient (Wildman–Crippen LogP) is 1.43. The highest BCUT2D eigenvalue weighted by molar-refractivity contribution is 5.80. The first-order valence-electron chi connectivity index (χ1n) is 5.70. The van der Waals surface area contributed by atoms with Crippen molar-refractivity contribution in [2.75, 3.05) is 20.6 Å². The Bertz CT molecular complexity index is 379. The van der Waals surface area contributed by atoms with E-state index < -0.39 is 0 Å². The molecule has 94 valence electrons. The van der Waals surface area contributed by atoms with Gasteiger partial charge in [0.1, 0.15) is 5.82 Å². The van der Waals surface area contributed by atoms with Gasteiger partial charge in [-0.05, 0) is 25.0 Å². The molecule has 0 aliphatic heterocycles. The molecular formula is C13H19FN2O. The lowest BCUT2D eigenvalue weighted by molar-refractivity contribution is -0.130. The second-order valence-corrected chi connectivity index (χ2v) is 4.25. The summed E-state index contributed by atoms with van der Waals surface area (Å²) in [4.78, 5) is 13.1. The van der Waals surface area contributed by atoms with Crippen LogP contribution in [0.3, 0.4) is 0 Å². The third kappa shape index (κ3) is 4.15. The number of carbonyl (C=O) groups excluding carboxylic acids is 1. The summed E-state index contributed by atoms with van der Waals surface area (Å²) in [5.41, 5.74) is 0.671. The van der Waals surface area contributed by atoms with Crippen LogP contribution in [-0.2, 0) is 11.2 Å². The van der Waals surface area contributed by atoms with Crippen LogP contribution in [0, 0.1) is 5.82 Å². The van der Waals surface area contributed by atoms with Crippen molar-refractivity contribution in [2.24, 2.45) is 0 Å². The minimum atomic E-state index is -0.239. The lowest BCUT2D eigenvalue weighted by atomic mass is 10.1. The fourth-order valence-electron chi connectivity index (χ4n) is 1.60. The number of likely N-dealkylation sites (N-methyl/N-ethyl adjacent to an activating group) is 1. The van der Waals surface area contributed by atoms with Gasteiger partial charge in [0.05, 0.1) is 6.04 Å². The van der Waals surface area contributed by atoms with Crippen LogP contribution in [0.1, 0.15) is 12.5 Å². The molecule has 1 N–H and O–H groups in total. The van der Waals surface area contributed by atoms with Gasteiger partial charge in [-0.25, -0.2) is 4.39 Å². The second-order valence-electron chi connectivity index (χ2n) is 4.25. The molecule has 1 rings (SSSR count). The van der Waals surface area contributed by atoms with E-state index in [1.807, 2.05) is 13.0 Å². The maximum atomic E-state index is 13.3. The first-order chi connectivity index (χ1) is 8.02. The van der Waals surface area contributed by atoms with Gasteiger partial charge >= 0.3 is 0 Å². The minimum Gasteiger partial charge on any atom is -0.347 e. The number of benzene rings is 1. The van der Waals surface area contributed by atoms with Gasteiger partial charge in [-0.1, -0.05) is 18.2 Å². The first kappa shape index (κ1) is 13.6. The van der Waals surface area contributed by atoms with E-state index in [0.29, 0.717) is 18.5 Å². The van der Waals surface area contributed by atoms with E-state index in [1.165, 1.54) is 6.07 Å². The molecule has 17 heavy (non-hydrogen) atoms. The van der Waals surface area contributed by atoms with Crippen molar-refractivity contribution in [2.45, 2.75) is 19.4 Å². The molecule has 0 aromatic heterocycles. The van der Waals surface area contributed by atoms with Gasteiger partial charge in [-0.15, -0.1) is 0 Å². The molecule has 0 radical (unpaired) electrons. The molecule has 4 heteroatoms. The Hall–Kier alpha value is -1.42. The van der Waals surface area contributed by atoms with E-state index in [9.17, 15) is 9.18 Å². The van der Waals surface area contributed by atoms with Gasteiger partial charge in [-0.2, -0.15) is 0 Å². The fraction of sp³-hybridized carbons (Fsp3) is 0.462. The molecule has 1 amide bonds. The summed E-state index contributed by atoms with van der Waals surface area (Å²) >= 11 is 0. The third-order valence-electron chi connectivity index (χ3n) is 2.61. The molecule has 0 heterocycles. The third-order valence-corrected chi connectivity index (χ3v) is 2.61. The summed E-state index contributed by atoms with van der Waals surface area (Å²) < 4.78 is 13.3. The van der Waals surface area contributed by atoms with Crippen LogP contribution < -0.4 is 5.32 Å². The largest absolute Gasteiger partial charge is 0.347 e. The summed E-state index contributed by atoms with van der Waals surface area (Å²) in [6.07, 6.45) is 0.581. The van der Waals surface area contributed by atoms with Crippen molar-refractivity contribution >= 4 is 5.91 Å². The molecule has 1 aromatic carbocycles. The van der Waals surface area contributed by atoms with Crippen molar-refractivity contribution in [3.05, 3.63) is 35.6 Å². The van der Waals surface area contributed by atoms with Crippen molar-refractivity contribution in [3.63, 3.8) is 0 Å². The van der Waals surface area contributed by atoms with Gasteiger partial charge in [0, 0.05) is 20.6 Å². The molecule has 0 bridgehead atoms. The lowest BCUT2D eigenvalue weighted by Crippen LogP contribution is -2.42. The Balaban J connectivity index is 2.38. The quantitative estimate of drug-likeness (QED) is 0.841. The van der Waals surface area contributed by atoms with Crippen LogP contribution in [0.5, 0.6) is 0 Å². The number of rotatable bonds is 5. The molecule has 0 fully saturated rings. The van der Waals surface area contributed by atoms with E-state index in [-0.39, 0.29) is 17.8 Å². The van der Waals surface area contributed by atoms with Crippen molar-refractivity contribution in [1.29, 1.82) is 0 Å². The average Bonchev–Trinajstić information content (AvgIpc) is 2.30. The number of hydrogen-bond acceptors (Lipinski definition) is 2. The first-order valence-corrected chi connectivity index (χ1v) is 5.70. The zero-order valence-corrected chi connectivity index (χ0v) is 10.5. The van der Waals surface area contributed by atoms with Gasteiger partial charge in [0.15, 0.2) is 0 Å². The van der Waals surface area contributed by atoms with Crippen LogP contribution in [-0.4, -0.2) is 37.5 Å². The van der Waals surface area contributed by atoms with Crippen molar-refractivity contribution in [3.8, 4) is 0 Å². The van der Waals surface area contributed by atoms with Gasteiger partial charge in [0.25, 0.3) is 0 Å². The Kier molecular flexibility index (Phi) is 5.10. The number of amides is 1. The molecule has 1 unspecified atom stereocenters. The summed E-state index contributed by atoms with van der Waals surface area (Å²) in [7, 11) is 3.44. The van der Waals surface area contributed by atoms with Crippen molar-refractivity contribution < 1.29 is 9.18 Å². The zero-order chi connectivity index (χ0) is 12.8. The van der Waals surface area contributed by atoms with Crippen molar-refractivity contribution in [1.82, 2.24) is 10.2 Å². The molecule has 0 spiro atoms. The highest BCUT2D eigenvalue weighted by Gasteiger charge is 2.13. The highest BCUT2D eigenvalue weighted by Crippen LogP contribution is 2.06. The minimum absolute atomic E-state index is 0.0264. The molecule has 0 saturated carbocycles. The Morgan fingerprint density at radius 3 is 2.65 bits per heavy atom. The van der Waals surface area contributed by atoms with Gasteiger partial charge in [0.2, 0.25) is 5.91 Å². The van der Waals surface area contributed by atoms with Gasteiger partial charge < -0.3 is 10.2 Å². The van der Waals surface area contributed by atoms with Crippen LogP contribution in [0.25, 0.3) is 0 Å². The normalized spacial score (nSPS) is 12.2. The molecule has 0 aliphatic rings. The zero-order valence-electron chi connectivity index (χ0n) is 10.5.